The Labute approximate surface area is 147 Å². The van der Waals surface area contributed by atoms with Crippen LogP contribution in [0.5, 0.6) is 5.75 Å². The smallest absolute Gasteiger partial charge is 0.273 e. The molecule has 0 spiro atoms. The molecule has 1 heterocycles. The molecular weight excluding hydrogens is 370 g/mol. The van der Waals surface area contributed by atoms with E-state index in [2.05, 4.69) is 26.5 Å². The van der Waals surface area contributed by atoms with Crippen molar-refractivity contribution in [3.05, 3.63) is 82.6 Å². The molecule has 5 nitrogen and oxygen atoms in total. The number of para-hydroxylation sites is 1. The number of nitrogens with zero attached hydrogens (tertiary/aromatic N) is 2. The average Bonchev–Trinajstić information content (AvgIpc) is 3.12. The number of hydrogen-bond donors (Lipinski definition) is 2. The third-order valence-corrected chi connectivity index (χ3v) is 4.02. The van der Waals surface area contributed by atoms with Crippen molar-refractivity contribution >= 4 is 28.1 Å². The van der Waals surface area contributed by atoms with Gasteiger partial charge in [-0.15, -0.1) is 0 Å². The van der Waals surface area contributed by atoms with E-state index in [4.69, 9.17) is 0 Å². The van der Waals surface area contributed by atoms with Gasteiger partial charge in [0.1, 0.15) is 5.75 Å². The molecule has 1 amide bonds. The Kier molecular flexibility index (Phi) is 4.77. The SMILES string of the molecule is O=C(NN=Cc1ccc(O)c(Br)c1)c1ccccc1-n1cccc1. The van der Waals surface area contributed by atoms with E-state index in [0.717, 1.165) is 11.3 Å². The largest absolute Gasteiger partial charge is 0.507 e. The Bertz CT molecular complexity index is 889. The number of nitrogens with one attached hydrogen (secondary N) is 1. The summed E-state index contributed by atoms with van der Waals surface area (Å²) in [7, 11) is 0. The Morgan fingerprint density at radius 2 is 1.88 bits per heavy atom. The maximum absolute atomic E-state index is 12.4. The fraction of sp³-hybridized carbons (Fsp3) is 0. The van der Waals surface area contributed by atoms with E-state index in [1.165, 1.54) is 6.21 Å². The van der Waals surface area contributed by atoms with Crippen LogP contribution < -0.4 is 5.43 Å². The molecule has 2 aromatic carbocycles. The number of phenolic OH excluding ortho intramolecular Hbond substituents is 1. The Balaban J connectivity index is 1.76. The van der Waals surface area contributed by atoms with Gasteiger partial charge in [0.2, 0.25) is 0 Å². The molecule has 24 heavy (non-hydrogen) atoms. The van der Waals surface area contributed by atoms with Crippen LogP contribution in [0.4, 0.5) is 0 Å². The number of hydrazone groups is 1. The molecule has 120 valence electrons. The van der Waals surface area contributed by atoms with E-state index in [0.29, 0.717) is 10.0 Å². The molecule has 0 fully saturated rings. The van der Waals surface area contributed by atoms with Gasteiger partial charge in [0.25, 0.3) is 5.91 Å². The number of phenols is 1. The van der Waals surface area contributed by atoms with Crippen LogP contribution in [0.15, 0.2) is 76.6 Å². The lowest BCUT2D eigenvalue weighted by Gasteiger charge is -2.09. The van der Waals surface area contributed by atoms with Crippen molar-refractivity contribution in [2.24, 2.45) is 5.10 Å². The first-order valence-electron chi connectivity index (χ1n) is 7.19. The van der Waals surface area contributed by atoms with Crippen LogP contribution in [0.25, 0.3) is 5.69 Å². The van der Waals surface area contributed by atoms with Crippen LogP contribution >= 0.6 is 15.9 Å². The van der Waals surface area contributed by atoms with Gasteiger partial charge in [-0.3, -0.25) is 4.79 Å². The topological polar surface area (TPSA) is 66.6 Å². The number of halogens is 1. The standard InChI is InChI=1S/C18H14BrN3O2/c19-15-11-13(7-8-17(15)23)12-20-21-18(24)14-5-1-2-6-16(14)22-9-3-4-10-22/h1-12,23H,(H,21,24). The van der Waals surface area contributed by atoms with Crippen molar-refractivity contribution in [1.82, 2.24) is 9.99 Å². The number of amides is 1. The minimum Gasteiger partial charge on any atom is -0.507 e. The first kappa shape index (κ1) is 16.0. The van der Waals surface area contributed by atoms with Gasteiger partial charge in [0.05, 0.1) is 21.9 Å². The van der Waals surface area contributed by atoms with Gasteiger partial charge in [0, 0.05) is 12.4 Å². The van der Waals surface area contributed by atoms with Crippen molar-refractivity contribution in [1.29, 1.82) is 0 Å². The quantitative estimate of drug-likeness (QED) is 0.532. The Morgan fingerprint density at radius 1 is 1.12 bits per heavy atom. The lowest BCUT2D eigenvalue weighted by atomic mass is 10.1. The number of rotatable bonds is 4. The molecule has 0 aliphatic rings. The fourth-order valence-corrected chi connectivity index (χ4v) is 2.61. The first-order chi connectivity index (χ1) is 11.6. The van der Waals surface area contributed by atoms with Gasteiger partial charge in [-0.05, 0) is 64.0 Å². The van der Waals surface area contributed by atoms with E-state index < -0.39 is 0 Å². The highest BCUT2D eigenvalue weighted by Crippen LogP contribution is 2.23. The van der Waals surface area contributed by atoms with Crippen molar-refractivity contribution in [2.75, 3.05) is 0 Å². The Hall–Kier alpha value is -2.86. The van der Waals surface area contributed by atoms with E-state index in [1.54, 1.807) is 24.3 Å². The molecule has 0 aliphatic carbocycles. The Morgan fingerprint density at radius 3 is 2.62 bits per heavy atom. The second kappa shape index (κ2) is 7.14. The highest BCUT2D eigenvalue weighted by atomic mass is 79.9. The molecule has 0 saturated heterocycles. The van der Waals surface area contributed by atoms with Crippen molar-refractivity contribution in [3.8, 4) is 11.4 Å². The summed E-state index contributed by atoms with van der Waals surface area (Å²) in [6.45, 7) is 0. The third kappa shape index (κ3) is 3.55. The summed E-state index contributed by atoms with van der Waals surface area (Å²) in [6.07, 6.45) is 5.27. The third-order valence-electron chi connectivity index (χ3n) is 3.38. The van der Waals surface area contributed by atoms with Crippen LogP contribution in [-0.2, 0) is 0 Å². The van der Waals surface area contributed by atoms with Crippen LogP contribution in [0.3, 0.4) is 0 Å². The molecule has 0 saturated carbocycles. The van der Waals surface area contributed by atoms with Gasteiger partial charge < -0.3 is 9.67 Å². The molecule has 3 rings (SSSR count). The summed E-state index contributed by atoms with van der Waals surface area (Å²) in [5, 5.41) is 13.4. The van der Waals surface area contributed by atoms with E-state index in [-0.39, 0.29) is 11.7 Å². The number of hydrogen-bond acceptors (Lipinski definition) is 3. The lowest BCUT2D eigenvalue weighted by Crippen LogP contribution is -2.19. The summed E-state index contributed by atoms with van der Waals surface area (Å²) < 4.78 is 2.44. The van der Waals surface area contributed by atoms with Gasteiger partial charge in [-0.1, -0.05) is 12.1 Å². The highest BCUT2D eigenvalue weighted by molar-refractivity contribution is 9.10. The summed E-state index contributed by atoms with van der Waals surface area (Å²) in [5.74, 6) is -0.148. The number of carbonyl (C=O) groups excluding carboxylic acids is 1. The summed E-state index contributed by atoms with van der Waals surface area (Å²) >= 11 is 3.23. The van der Waals surface area contributed by atoms with Crippen molar-refractivity contribution in [2.45, 2.75) is 0 Å². The van der Waals surface area contributed by atoms with Crippen LogP contribution in [0, 0.1) is 0 Å². The highest BCUT2D eigenvalue weighted by Gasteiger charge is 2.10. The number of aromatic hydroxyl groups is 1. The fourth-order valence-electron chi connectivity index (χ4n) is 2.22. The van der Waals surface area contributed by atoms with E-state index in [9.17, 15) is 9.90 Å². The van der Waals surface area contributed by atoms with Gasteiger partial charge >= 0.3 is 0 Å². The number of benzene rings is 2. The summed E-state index contributed by atoms with van der Waals surface area (Å²) in [5.41, 5.74) is 4.58. The van der Waals surface area contributed by atoms with Crippen LogP contribution in [0.1, 0.15) is 15.9 Å². The lowest BCUT2D eigenvalue weighted by molar-refractivity contribution is 0.0955. The van der Waals surface area contributed by atoms with Gasteiger partial charge in [-0.25, -0.2) is 5.43 Å². The van der Waals surface area contributed by atoms with Gasteiger partial charge in [0.15, 0.2) is 0 Å². The zero-order chi connectivity index (χ0) is 16.9. The summed E-state index contributed by atoms with van der Waals surface area (Å²) in [6, 6.07) is 16.1. The number of aromatic nitrogens is 1. The van der Waals surface area contributed by atoms with Crippen molar-refractivity contribution in [3.63, 3.8) is 0 Å². The second-order valence-electron chi connectivity index (χ2n) is 5.02. The average molecular weight is 384 g/mol. The normalized spacial score (nSPS) is 10.9. The summed E-state index contributed by atoms with van der Waals surface area (Å²) in [4.78, 5) is 12.4. The molecular formula is C18H14BrN3O2. The molecule has 0 atom stereocenters. The first-order valence-corrected chi connectivity index (χ1v) is 7.99. The predicted molar refractivity (Wildman–Crippen MR) is 96.6 cm³/mol. The molecule has 0 bridgehead atoms. The zero-order valence-electron chi connectivity index (χ0n) is 12.6. The maximum atomic E-state index is 12.4. The zero-order valence-corrected chi connectivity index (χ0v) is 14.1. The number of carbonyl (C=O) groups is 1. The molecule has 6 heteroatoms. The monoisotopic (exact) mass is 383 g/mol. The molecule has 2 N–H and O–H groups in total. The molecule has 3 aromatic rings. The van der Waals surface area contributed by atoms with E-state index >= 15 is 0 Å². The predicted octanol–water partition coefficient (Wildman–Crippen LogP) is 3.71. The molecule has 0 unspecified atom stereocenters. The van der Waals surface area contributed by atoms with Gasteiger partial charge in [-0.2, -0.15) is 5.10 Å². The van der Waals surface area contributed by atoms with Crippen molar-refractivity contribution < 1.29 is 9.90 Å². The second-order valence-corrected chi connectivity index (χ2v) is 5.87. The maximum Gasteiger partial charge on any atom is 0.273 e. The minimum atomic E-state index is -0.298. The van der Waals surface area contributed by atoms with Crippen LogP contribution in [0.2, 0.25) is 0 Å². The molecule has 0 radical (unpaired) electrons. The van der Waals surface area contributed by atoms with E-state index in [1.807, 2.05) is 47.3 Å². The van der Waals surface area contributed by atoms with Crippen LogP contribution in [-0.4, -0.2) is 21.8 Å². The molecule has 0 aliphatic heterocycles. The molecule has 1 aromatic heterocycles. The minimum absolute atomic E-state index is 0.150.